The van der Waals surface area contributed by atoms with E-state index in [-0.39, 0.29) is 12.7 Å². The Morgan fingerprint density at radius 3 is 2.64 bits per heavy atom. The van der Waals surface area contributed by atoms with Crippen LogP contribution in [-0.2, 0) is 9.53 Å². The average molecular weight is 296 g/mol. The minimum Gasteiger partial charge on any atom is -0.486 e. The third-order valence-electron chi connectivity index (χ3n) is 3.19. The molecule has 1 aliphatic rings. The number of rotatable bonds is 4. The fraction of sp³-hybridized carbons (Fsp3) is 0.167. The lowest BCUT2D eigenvalue weighted by atomic mass is 10.2. The van der Waals surface area contributed by atoms with Gasteiger partial charge in [-0.15, -0.1) is 0 Å². The molecular weight excluding hydrogens is 280 g/mol. The predicted molar refractivity (Wildman–Crippen MR) is 82.8 cm³/mol. The largest absolute Gasteiger partial charge is 0.486 e. The standard InChI is InChI=1S/C18H16O4/c19-18(11-10-14-6-2-1-3-7-14)21-13-15-12-20-16-8-4-5-9-17(16)22-15/h1-11,15H,12-13H2/b11-10+. The van der Waals surface area contributed by atoms with Gasteiger partial charge >= 0.3 is 5.97 Å². The fourth-order valence-electron chi connectivity index (χ4n) is 2.10. The molecule has 0 amide bonds. The summed E-state index contributed by atoms with van der Waals surface area (Å²) in [6.07, 6.45) is 2.84. The van der Waals surface area contributed by atoms with Gasteiger partial charge < -0.3 is 14.2 Å². The Hall–Kier alpha value is -2.75. The van der Waals surface area contributed by atoms with Crippen molar-refractivity contribution >= 4 is 12.0 Å². The molecule has 1 unspecified atom stereocenters. The molecule has 3 rings (SSSR count). The summed E-state index contributed by atoms with van der Waals surface area (Å²) in [5.41, 5.74) is 0.950. The van der Waals surface area contributed by atoms with Gasteiger partial charge in [0.15, 0.2) is 17.6 Å². The highest BCUT2D eigenvalue weighted by Gasteiger charge is 2.21. The van der Waals surface area contributed by atoms with Crippen LogP contribution in [-0.4, -0.2) is 25.3 Å². The Labute approximate surface area is 128 Å². The molecule has 0 aliphatic carbocycles. The van der Waals surface area contributed by atoms with E-state index in [1.54, 1.807) is 6.08 Å². The second kappa shape index (κ2) is 6.80. The molecule has 0 aromatic heterocycles. The van der Waals surface area contributed by atoms with E-state index < -0.39 is 5.97 Å². The van der Waals surface area contributed by atoms with Crippen LogP contribution in [0.3, 0.4) is 0 Å². The number of carbonyl (C=O) groups excluding carboxylic acids is 1. The minimum atomic E-state index is -0.397. The van der Waals surface area contributed by atoms with Gasteiger partial charge in [0.2, 0.25) is 0 Å². The van der Waals surface area contributed by atoms with Crippen molar-refractivity contribution in [3.63, 3.8) is 0 Å². The summed E-state index contributed by atoms with van der Waals surface area (Å²) in [6.45, 7) is 0.527. The molecule has 0 saturated heterocycles. The van der Waals surface area contributed by atoms with E-state index in [2.05, 4.69) is 0 Å². The lowest BCUT2D eigenvalue weighted by Gasteiger charge is -2.25. The SMILES string of the molecule is O=C(/C=C/c1ccccc1)OCC1COc2ccccc2O1. The van der Waals surface area contributed by atoms with Crippen LogP contribution in [0.15, 0.2) is 60.7 Å². The monoisotopic (exact) mass is 296 g/mol. The third kappa shape index (κ3) is 3.67. The number of benzene rings is 2. The molecule has 0 radical (unpaired) electrons. The molecule has 2 aromatic rings. The van der Waals surface area contributed by atoms with Crippen molar-refractivity contribution in [3.05, 3.63) is 66.2 Å². The molecule has 0 saturated carbocycles. The highest BCUT2D eigenvalue weighted by atomic mass is 16.6. The molecule has 0 N–H and O–H groups in total. The number of esters is 1. The van der Waals surface area contributed by atoms with E-state index in [0.717, 1.165) is 5.56 Å². The smallest absolute Gasteiger partial charge is 0.330 e. The summed E-state index contributed by atoms with van der Waals surface area (Å²) < 4.78 is 16.5. The van der Waals surface area contributed by atoms with E-state index in [9.17, 15) is 4.79 Å². The molecular formula is C18H16O4. The van der Waals surface area contributed by atoms with Crippen molar-refractivity contribution < 1.29 is 19.0 Å². The molecule has 2 aromatic carbocycles. The van der Waals surface area contributed by atoms with Gasteiger partial charge in [-0.3, -0.25) is 0 Å². The van der Waals surface area contributed by atoms with Crippen LogP contribution in [0.1, 0.15) is 5.56 Å². The van der Waals surface area contributed by atoms with Crippen LogP contribution < -0.4 is 9.47 Å². The molecule has 1 aliphatic heterocycles. The number of fused-ring (bicyclic) bond motifs is 1. The minimum absolute atomic E-state index is 0.159. The first-order valence-electron chi connectivity index (χ1n) is 7.09. The van der Waals surface area contributed by atoms with Gasteiger partial charge in [0.05, 0.1) is 0 Å². The highest BCUT2D eigenvalue weighted by molar-refractivity contribution is 5.87. The second-order valence-corrected chi connectivity index (χ2v) is 4.87. The van der Waals surface area contributed by atoms with Gasteiger partial charge in [-0.2, -0.15) is 0 Å². The Bertz CT molecular complexity index is 664. The third-order valence-corrected chi connectivity index (χ3v) is 3.19. The molecule has 22 heavy (non-hydrogen) atoms. The van der Waals surface area contributed by atoms with Crippen LogP contribution >= 0.6 is 0 Å². The van der Waals surface area contributed by atoms with Crippen LogP contribution in [0.5, 0.6) is 11.5 Å². The first-order chi connectivity index (χ1) is 10.8. The Balaban J connectivity index is 1.49. The van der Waals surface area contributed by atoms with E-state index in [4.69, 9.17) is 14.2 Å². The molecule has 1 atom stereocenters. The number of hydrogen-bond donors (Lipinski definition) is 0. The van der Waals surface area contributed by atoms with E-state index in [1.807, 2.05) is 54.6 Å². The van der Waals surface area contributed by atoms with E-state index >= 15 is 0 Å². The zero-order valence-electron chi connectivity index (χ0n) is 12.0. The van der Waals surface area contributed by atoms with Gasteiger partial charge in [0.1, 0.15) is 13.2 Å². The van der Waals surface area contributed by atoms with Gasteiger partial charge in [-0.25, -0.2) is 4.79 Å². The Morgan fingerprint density at radius 2 is 1.82 bits per heavy atom. The first-order valence-corrected chi connectivity index (χ1v) is 7.09. The van der Waals surface area contributed by atoms with Crippen molar-refractivity contribution in [2.45, 2.75) is 6.10 Å². The number of carbonyl (C=O) groups is 1. The predicted octanol–water partition coefficient (Wildman–Crippen LogP) is 3.08. The van der Waals surface area contributed by atoms with Gasteiger partial charge in [-0.05, 0) is 23.8 Å². The lowest BCUT2D eigenvalue weighted by molar-refractivity contribution is -0.140. The number of para-hydroxylation sites is 2. The van der Waals surface area contributed by atoms with E-state index in [1.165, 1.54) is 6.08 Å². The number of hydrogen-bond acceptors (Lipinski definition) is 4. The van der Waals surface area contributed by atoms with Crippen LogP contribution in [0.25, 0.3) is 6.08 Å². The van der Waals surface area contributed by atoms with Crippen LogP contribution in [0, 0.1) is 0 Å². The summed E-state index contributed by atoms with van der Waals surface area (Å²) in [6, 6.07) is 17.0. The molecule has 4 nitrogen and oxygen atoms in total. The maximum Gasteiger partial charge on any atom is 0.330 e. The fourth-order valence-corrected chi connectivity index (χ4v) is 2.10. The quantitative estimate of drug-likeness (QED) is 0.642. The topological polar surface area (TPSA) is 44.8 Å². The summed E-state index contributed by atoms with van der Waals surface area (Å²) in [4.78, 5) is 11.7. The van der Waals surface area contributed by atoms with Crippen LogP contribution in [0.2, 0.25) is 0 Å². The van der Waals surface area contributed by atoms with Crippen molar-refractivity contribution in [2.24, 2.45) is 0 Å². The molecule has 4 heteroatoms. The average Bonchev–Trinajstić information content (AvgIpc) is 2.59. The normalized spacial score (nSPS) is 16.5. The zero-order valence-corrected chi connectivity index (χ0v) is 12.0. The van der Waals surface area contributed by atoms with Crippen molar-refractivity contribution in [1.82, 2.24) is 0 Å². The highest BCUT2D eigenvalue weighted by Crippen LogP contribution is 2.30. The second-order valence-electron chi connectivity index (χ2n) is 4.87. The van der Waals surface area contributed by atoms with E-state index in [0.29, 0.717) is 18.1 Å². The Morgan fingerprint density at radius 1 is 1.09 bits per heavy atom. The Kier molecular flexibility index (Phi) is 4.39. The van der Waals surface area contributed by atoms with Crippen molar-refractivity contribution in [2.75, 3.05) is 13.2 Å². The molecule has 1 heterocycles. The molecule has 112 valence electrons. The maximum atomic E-state index is 11.7. The van der Waals surface area contributed by atoms with Gasteiger partial charge in [-0.1, -0.05) is 42.5 Å². The molecule has 0 fully saturated rings. The maximum absolute atomic E-state index is 11.7. The van der Waals surface area contributed by atoms with Crippen molar-refractivity contribution in [1.29, 1.82) is 0 Å². The van der Waals surface area contributed by atoms with Gasteiger partial charge in [0.25, 0.3) is 0 Å². The lowest BCUT2D eigenvalue weighted by Crippen LogP contribution is -2.34. The summed E-state index contributed by atoms with van der Waals surface area (Å²) in [5, 5.41) is 0. The summed E-state index contributed by atoms with van der Waals surface area (Å²) in [7, 11) is 0. The van der Waals surface area contributed by atoms with Crippen molar-refractivity contribution in [3.8, 4) is 11.5 Å². The van der Waals surface area contributed by atoms with Crippen LogP contribution in [0.4, 0.5) is 0 Å². The van der Waals surface area contributed by atoms with Gasteiger partial charge in [0, 0.05) is 6.08 Å². The zero-order chi connectivity index (χ0) is 15.2. The number of ether oxygens (including phenoxy) is 3. The summed E-state index contributed by atoms with van der Waals surface area (Å²) >= 11 is 0. The summed E-state index contributed by atoms with van der Waals surface area (Å²) in [5.74, 6) is 0.995. The first kappa shape index (κ1) is 14.2. The molecule has 0 spiro atoms. The molecule has 0 bridgehead atoms.